The third-order valence-corrected chi connectivity index (χ3v) is 4.01. The largest absolute Gasteiger partial charge is 0.324 e. The molecule has 0 amide bonds. The lowest BCUT2D eigenvalue weighted by atomic mass is 10.1. The van der Waals surface area contributed by atoms with Gasteiger partial charge in [0.25, 0.3) is 0 Å². The molecular weight excluding hydrogens is 278 g/mol. The summed E-state index contributed by atoms with van der Waals surface area (Å²) >= 11 is 3.53. The first-order valence-electron chi connectivity index (χ1n) is 5.58. The normalized spacial score (nSPS) is 12.8. The van der Waals surface area contributed by atoms with Gasteiger partial charge in [-0.05, 0) is 54.4 Å². The van der Waals surface area contributed by atoms with Gasteiger partial charge in [-0.2, -0.15) is 5.10 Å². The third kappa shape index (κ3) is 2.28. The van der Waals surface area contributed by atoms with Gasteiger partial charge < -0.3 is 5.73 Å². The second-order valence-electron chi connectivity index (χ2n) is 4.28. The van der Waals surface area contributed by atoms with Gasteiger partial charge in [-0.25, -0.2) is 4.68 Å². The van der Waals surface area contributed by atoms with Crippen LogP contribution in [0.2, 0.25) is 0 Å². The van der Waals surface area contributed by atoms with Crippen molar-refractivity contribution in [3.05, 3.63) is 45.7 Å². The molecule has 1 aromatic heterocycles. The van der Waals surface area contributed by atoms with Crippen LogP contribution >= 0.6 is 15.9 Å². The Labute approximate surface area is 110 Å². The molecule has 2 aromatic rings. The van der Waals surface area contributed by atoms with Gasteiger partial charge in [-0.1, -0.05) is 12.1 Å². The summed E-state index contributed by atoms with van der Waals surface area (Å²) in [6.45, 7) is 6.02. The molecule has 0 fully saturated rings. The van der Waals surface area contributed by atoms with Crippen molar-refractivity contribution >= 4 is 15.9 Å². The lowest BCUT2D eigenvalue weighted by Crippen LogP contribution is -2.05. The van der Waals surface area contributed by atoms with E-state index in [0.717, 1.165) is 27.1 Å². The maximum atomic E-state index is 5.83. The van der Waals surface area contributed by atoms with Crippen molar-refractivity contribution < 1.29 is 0 Å². The SMILES string of the molecule is Cc1nn(-c2ccc([C@H](C)N)cc2)c(C)c1Br. The predicted molar refractivity (Wildman–Crippen MR) is 73.3 cm³/mol. The van der Waals surface area contributed by atoms with Gasteiger partial charge in [-0.3, -0.25) is 0 Å². The highest BCUT2D eigenvalue weighted by atomic mass is 79.9. The molecular formula is C13H16BrN3. The topological polar surface area (TPSA) is 43.8 Å². The lowest BCUT2D eigenvalue weighted by molar-refractivity contribution is 0.808. The molecule has 0 saturated heterocycles. The Balaban J connectivity index is 2.43. The van der Waals surface area contributed by atoms with Gasteiger partial charge in [-0.15, -0.1) is 0 Å². The van der Waals surface area contributed by atoms with Gasteiger partial charge in [0.05, 0.1) is 21.5 Å². The van der Waals surface area contributed by atoms with Crippen molar-refractivity contribution in [3.63, 3.8) is 0 Å². The zero-order chi connectivity index (χ0) is 12.6. The fourth-order valence-corrected chi connectivity index (χ4v) is 2.04. The monoisotopic (exact) mass is 293 g/mol. The Morgan fingerprint density at radius 1 is 1.24 bits per heavy atom. The number of halogens is 1. The second-order valence-corrected chi connectivity index (χ2v) is 5.07. The molecule has 2 N–H and O–H groups in total. The Kier molecular flexibility index (Phi) is 3.35. The summed E-state index contributed by atoms with van der Waals surface area (Å²) in [6.07, 6.45) is 0. The molecule has 0 aliphatic rings. The van der Waals surface area contributed by atoms with Gasteiger partial charge in [0.1, 0.15) is 0 Å². The van der Waals surface area contributed by atoms with Crippen LogP contribution in [0.5, 0.6) is 0 Å². The number of hydrogen-bond donors (Lipinski definition) is 1. The van der Waals surface area contributed by atoms with E-state index >= 15 is 0 Å². The standard InChI is InChI=1S/C13H16BrN3/c1-8(15)11-4-6-12(7-5-11)17-10(3)13(14)9(2)16-17/h4-8H,15H2,1-3H3/t8-/m0/s1. The molecule has 17 heavy (non-hydrogen) atoms. The van der Waals surface area contributed by atoms with Crippen molar-refractivity contribution in [1.82, 2.24) is 9.78 Å². The first-order valence-corrected chi connectivity index (χ1v) is 6.37. The Morgan fingerprint density at radius 2 is 1.82 bits per heavy atom. The Morgan fingerprint density at radius 3 is 2.24 bits per heavy atom. The van der Waals surface area contributed by atoms with Gasteiger partial charge >= 0.3 is 0 Å². The number of aryl methyl sites for hydroxylation is 1. The van der Waals surface area contributed by atoms with E-state index in [-0.39, 0.29) is 6.04 Å². The van der Waals surface area contributed by atoms with Crippen LogP contribution in [0.25, 0.3) is 5.69 Å². The number of nitrogens with zero attached hydrogens (tertiary/aromatic N) is 2. The van der Waals surface area contributed by atoms with E-state index in [2.05, 4.69) is 21.0 Å². The van der Waals surface area contributed by atoms with Crippen molar-refractivity contribution in [2.75, 3.05) is 0 Å². The number of rotatable bonds is 2. The molecule has 90 valence electrons. The molecule has 2 rings (SSSR count). The van der Waals surface area contributed by atoms with Crippen molar-refractivity contribution in [1.29, 1.82) is 0 Å². The Bertz CT molecular complexity index is 526. The first-order chi connectivity index (χ1) is 8.00. The van der Waals surface area contributed by atoms with Gasteiger partial charge in [0, 0.05) is 6.04 Å². The molecule has 1 atom stereocenters. The highest BCUT2D eigenvalue weighted by Gasteiger charge is 2.10. The molecule has 0 aliphatic heterocycles. The predicted octanol–water partition coefficient (Wildman–Crippen LogP) is 3.27. The third-order valence-electron chi connectivity index (χ3n) is 2.87. The maximum absolute atomic E-state index is 5.83. The Hall–Kier alpha value is -1.13. The second kappa shape index (κ2) is 4.63. The molecule has 0 aliphatic carbocycles. The summed E-state index contributed by atoms with van der Waals surface area (Å²) in [7, 11) is 0. The number of hydrogen-bond acceptors (Lipinski definition) is 2. The van der Waals surface area contributed by atoms with Gasteiger partial charge in [0.15, 0.2) is 0 Å². The minimum atomic E-state index is 0.0660. The highest BCUT2D eigenvalue weighted by molar-refractivity contribution is 9.10. The highest BCUT2D eigenvalue weighted by Crippen LogP contribution is 2.23. The zero-order valence-corrected chi connectivity index (χ0v) is 11.8. The molecule has 0 spiro atoms. The lowest BCUT2D eigenvalue weighted by Gasteiger charge is -2.08. The summed E-state index contributed by atoms with van der Waals surface area (Å²) < 4.78 is 3.00. The summed E-state index contributed by atoms with van der Waals surface area (Å²) in [4.78, 5) is 0. The van der Waals surface area contributed by atoms with Crippen LogP contribution in [0.3, 0.4) is 0 Å². The summed E-state index contributed by atoms with van der Waals surface area (Å²) in [5.41, 5.74) is 10.1. The van der Waals surface area contributed by atoms with Crippen LogP contribution in [-0.2, 0) is 0 Å². The maximum Gasteiger partial charge on any atom is 0.0743 e. The van der Waals surface area contributed by atoms with Crippen LogP contribution in [0.15, 0.2) is 28.7 Å². The van der Waals surface area contributed by atoms with E-state index in [9.17, 15) is 0 Å². The van der Waals surface area contributed by atoms with E-state index in [1.807, 2.05) is 49.7 Å². The van der Waals surface area contributed by atoms with Crippen molar-refractivity contribution in [2.24, 2.45) is 5.73 Å². The van der Waals surface area contributed by atoms with Crippen LogP contribution in [0, 0.1) is 13.8 Å². The molecule has 0 bridgehead atoms. The van der Waals surface area contributed by atoms with E-state index in [4.69, 9.17) is 5.73 Å². The molecule has 0 saturated carbocycles. The number of benzene rings is 1. The van der Waals surface area contributed by atoms with Crippen LogP contribution in [0.4, 0.5) is 0 Å². The van der Waals surface area contributed by atoms with Gasteiger partial charge in [0.2, 0.25) is 0 Å². The van der Waals surface area contributed by atoms with Crippen LogP contribution in [-0.4, -0.2) is 9.78 Å². The molecule has 0 unspecified atom stereocenters. The average molecular weight is 294 g/mol. The zero-order valence-electron chi connectivity index (χ0n) is 10.2. The molecule has 1 aromatic carbocycles. The summed E-state index contributed by atoms with van der Waals surface area (Å²) in [5, 5.41) is 4.49. The smallest absolute Gasteiger partial charge is 0.0743 e. The number of nitrogens with two attached hydrogens (primary N) is 1. The fourth-order valence-electron chi connectivity index (χ4n) is 1.79. The molecule has 1 heterocycles. The fraction of sp³-hybridized carbons (Fsp3) is 0.308. The van der Waals surface area contributed by atoms with Crippen LogP contribution < -0.4 is 5.73 Å². The first kappa shape index (κ1) is 12.3. The minimum absolute atomic E-state index is 0.0660. The quantitative estimate of drug-likeness (QED) is 0.923. The molecule has 4 heteroatoms. The van der Waals surface area contributed by atoms with Crippen molar-refractivity contribution in [3.8, 4) is 5.69 Å². The molecule has 0 radical (unpaired) electrons. The summed E-state index contributed by atoms with van der Waals surface area (Å²) in [5.74, 6) is 0. The van der Waals surface area contributed by atoms with E-state index in [1.54, 1.807) is 0 Å². The van der Waals surface area contributed by atoms with Crippen LogP contribution in [0.1, 0.15) is 29.9 Å². The summed E-state index contributed by atoms with van der Waals surface area (Å²) in [6, 6.07) is 8.25. The van der Waals surface area contributed by atoms with Crippen molar-refractivity contribution in [2.45, 2.75) is 26.8 Å². The van der Waals surface area contributed by atoms with E-state index in [0.29, 0.717) is 0 Å². The number of aromatic nitrogens is 2. The minimum Gasteiger partial charge on any atom is -0.324 e. The van der Waals surface area contributed by atoms with E-state index in [1.165, 1.54) is 0 Å². The van der Waals surface area contributed by atoms with E-state index < -0.39 is 0 Å². The average Bonchev–Trinajstić information content (AvgIpc) is 2.57. The molecule has 3 nitrogen and oxygen atoms in total.